The molecule has 288 valence electrons. The smallest absolute Gasteiger partial charge is 0.255 e. The zero-order valence-electron chi connectivity index (χ0n) is 31.6. The largest absolute Gasteiger partial charge is 0.508 e. The molecule has 1 aliphatic carbocycles. The number of aryl methyl sites for hydroxylation is 1. The number of fused-ring (bicyclic) bond motifs is 2. The van der Waals surface area contributed by atoms with Gasteiger partial charge in [0.1, 0.15) is 11.8 Å². The second-order valence-corrected chi connectivity index (χ2v) is 15.9. The van der Waals surface area contributed by atoms with Crippen molar-refractivity contribution in [1.82, 2.24) is 20.1 Å². The first-order valence-electron chi connectivity index (χ1n) is 20.0. The predicted octanol–water partition coefficient (Wildman–Crippen LogP) is 6.02. The molecule has 0 bridgehead atoms. The molecule has 1 aromatic heterocycles. The number of pyridine rings is 1. The molecule has 3 aromatic carbocycles. The summed E-state index contributed by atoms with van der Waals surface area (Å²) in [6, 6.07) is 23.2. The summed E-state index contributed by atoms with van der Waals surface area (Å²) in [5.41, 5.74) is 10.5. The Morgan fingerprint density at radius 1 is 0.732 bits per heavy atom. The number of hydrogen-bond donors (Lipinski definition) is 2. The average Bonchev–Trinajstić information content (AvgIpc) is 3.41. The summed E-state index contributed by atoms with van der Waals surface area (Å²) in [6.07, 6.45) is 7.18. The van der Waals surface area contributed by atoms with E-state index in [1.165, 1.54) is 11.8 Å². The van der Waals surface area contributed by atoms with Crippen LogP contribution in [-0.4, -0.2) is 89.5 Å². The van der Waals surface area contributed by atoms with Crippen LogP contribution in [0.25, 0.3) is 11.1 Å². The molecule has 3 amide bonds. The summed E-state index contributed by atoms with van der Waals surface area (Å²) in [6.45, 7) is 7.38. The van der Waals surface area contributed by atoms with Gasteiger partial charge in [0.05, 0.1) is 0 Å². The summed E-state index contributed by atoms with van der Waals surface area (Å²) in [5.74, 6) is -0.354. The summed E-state index contributed by atoms with van der Waals surface area (Å²) >= 11 is 0. The van der Waals surface area contributed by atoms with E-state index in [1.807, 2.05) is 30.3 Å². The first kappa shape index (κ1) is 36.1. The number of carbonyl (C=O) groups is 3. The maximum Gasteiger partial charge on any atom is 0.255 e. The van der Waals surface area contributed by atoms with E-state index in [4.69, 9.17) is 0 Å². The number of allylic oxidation sites excluding steroid dienone is 1. The SMILES string of the molecule is O=C1CCC(N2Cc3cc(N4CCN(CC5CCN(c6ccc(C7=C(c8ccc(F)nc8)CCCc8cc(O)ccc87)cc6)CC5)CC4)ccc3C2=O)C(=O)N1. The van der Waals surface area contributed by atoms with Crippen LogP contribution in [0, 0.1) is 11.9 Å². The Hall–Kier alpha value is -5.55. The molecule has 4 aliphatic heterocycles. The van der Waals surface area contributed by atoms with E-state index in [1.54, 1.807) is 17.2 Å². The lowest BCUT2D eigenvalue weighted by Crippen LogP contribution is -2.52. The molecule has 0 saturated carbocycles. The number of rotatable bonds is 7. The molecule has 1 atom stereocenters. The number of nitrogens with zero attached hydrogens (tertiary/aromatic N) is 5. The Balaban J connectivity index is 0.802. The fraction of sp³-hybridized carbons (Fsp3) is 0.378. The highest BCUT2D eigenvalue weighted by Crippen LogP contribution is 2.41. The second-order valence-electron chi connectivity index (χ2n) is 15.9. The van der Waals surface area contributed by atoms with Crippen molar-refractivity contribution in [1.29, 1.82) is 0 Å². The third-order valence-corrected chi connectivity index (χ3v) is 12.5. The quantitative estimate of drug-likeness (QED) is 0.174. The maximum atomic E-state index is 13.8. The highest BCUT2D eigenvalue weighted by molar-refractivity contribution is 6.05. The molecule has 56 heavy (non-hydrogen) atoms. The predicted molar refractivity (Wildman–Crippen MR) is 214 cm³/mol. The van der Waals surface area contributed by atoms with E-state index in [0.29, 0.717) is 24.4 Å². The van der Waals surface area contributed by atoms with Gasteiger partial charge in [-0.25, -0.2) is 4.98 Å². The van der Waals surface area contributed by atoms with Crippen molar-refractivity contribution in [2.45, 2.75) is 57.5 Å². The van der Waals surface area contributed by atoms with E-state index in [-0.39, 0.29) is 29.9 Å². The number of halogens is 1. The number of amides is 3. The van der Waals surface area contributed by atoms with Gasteiger partial charge in [-0.15, -0.1) is 0 Å². The lowest BCUT2D eigenvalue weighted by Gasteiger charge is -2.40. The van der Waals surface area contributed by atoms with Crippen molar-refractivity contribution >= 4 is 40.2 Å². The maximum absolute atomic E-state index is 13.8. The van der Waals surface area contributed by atoms with E-state index >= 15 is 0 Å². The molecule has 2 N–H and O–H groups in total. The minimum atomic E-state index is -0.598. The Bertz CT molecular complexity index is 2190. The van der Waals surface area contributed by atoms with Gasteiger partial charge >= 0.3 is 0 Å². The molecule has 1 unspecified atom stereocenters. The van der Waals surface area contributed by atoms with Crippen molar-refractivity contribution in [2.75, 3.05) is 55.6 Å². The van der Waals surface area contributed by atoms with Crippen molar-refractivity contribution in [3.63, 3.8) is 0 Å². The zero-order valence-corrected chi connectivity index (χ0v) is 31.6. The Morgan fingerprint density at radius 3 is 2.21 bits per heavy atom. The molecular formula is C45H47FN6O4. The first-order chi connectivity index (χ1) is 27.3. The fourth-order valence-electron chi connectivity index (χ4n) is 9.47. The lowest BCUT2D eigenvalue weighted by molar-refractivity contribution is -0.136. The van der Waals surface area contributed by atoms with Gasteiger partial charge in [-0.2, -0.15) is 4.39 Å². The monoisotopic (exact) mass is 754 g/mol. The number of imide groups is 1. The number of nitrogens with one attached hydrogen (secondary N) is 1. The topological polar surface area (TPSA) is 109 Å². The molecule has 11 heteroatoms. The van der Waals surface area contributed by atoms with E-state index < -0.39 is 12.0 Å². The number of piperazine rings is 1. The van der Waals surface area contributed by atoms with Crippen LogP contribution in [0.2, 0.25) is 0 Å². The van der Waals surface area contributed by atoms with E-state index in [2.05, 4.69) is 55.3 Å². The van der Waals surface area contributed by atoms with Crippen LogP contribution in [0.5, 0.6) is 5.75 Å². The zero-order chi connectivity index (χ0) is 38.3. The van der Waals surface area contributed by atoms with Crippen molar-refractivity contribution in [3.8, 4) is 5.75 Å². The van der Waals surface area contributed by atoms with E-state index in [0.717, 1.165) is 123 Å². The van der Waals surface area contributed by atoms with Crippen LogP contribution < -0.4 is 15.1 Å². The number of phenolic OH excluding ortho intramolecular Hbond substituents is 1. The normalized spacial score (nSPS) is 20.9. The number of aromatic hydroxyl groups is 1. The van der Waals surface area contributed by atoms with Gasteiger partial charge in [0.15, 0.2) is 0 Å². The minimum absolute atomic E-state index is 0.134. The highest BCUT2D eigenvalue weighted by atomic mass is 19.1. The number of anilines is 2. The van der Waals surface area contributed by atoms with Crippen molar-refractivity contribution < 1.29 is 23.9 Å². The summed E-state index contributed by atoms with van der Waals surface area (Å²) in [4.78, 5) is 50.3. The molecule has 3 fully saturated rings. The Morgan fingerprint density at radius 2 is 1.46 bits per heavy atom. The van der Waals surface area contributed by atoms with Gasteiger partial charge in [-0.3, -0.25) is 24.6 Å². The molecule has 10 nitrogen and oxygen atoms in total. The average molecular weight is 755 g/mol. The van der Waals surface area contributed by atoms with Gasteiger partial charge in [-0.05, 0) is 138 Å². The van der Waals surface area contributed by atoms with Crippen molar-refractivity contribution in [3.05, 3.63) is 118 Å². The molecule has 3 saturated heterocycles. The first-order valence-corrected chi connectivity index (χ1v) is 20.0. The molecule has 9 rings (SSSR count). The highest BCUT2D eigenvalue weighted by Gasteiger charge is 2.39. The molecule has 5 heterocycles. The van der Waals surface area contributed by atoms with Crippen LogP contribution in [0.3, 0.4) is 0 Å². The Labute approximate surface area is 326 Å². The summed E-state index contributed by atoms with van der Waals surface area (Å²) in [5, 5.41) is 12.7. The molecule has 4 aromatic rings. The third-order valence-electron chi connectivity index (χ3n) is 12.5. The number of phenols is 1. The van der Waals surface area contributed by atoms with Gasteiger partial charge in [0.2, 0.25) is 17.8 Å². The number of aromatic nitrogens is 1. The van der Waals surface area contributed by atoms with E-state index in [9.17, 15) is 23.9 Å². The fourth-order valence-corrected chi connectivity index (χ4v) is 9.47. The Kier molecular flexibility index (Phi) is 9.79. The number of benzene rings is 3. The van der Waals surface area contributed by atoms with Crippen LogP contribution in [0.1, 0.15) is 76.7 Å². The van der Waals surface area contributed by atoms with Crippen LogP contribution in [0.4, 0.5) is 15.8 Å². The minimum Gasteiger partial charge on any atom is -0.508 e. The number of piperidine rings is 2. The number of hydrogen-bond acceptors (Lipinski definition) is 8. The van der Waals surface area contributed by atoms with Crippen LogP contribution in [-0.2, 0) is 22.6 Å². The van der Waals surface area contributed by atoms with Gasteiger partial charge in [-0.1, -0.05) is 18.2 Å². The lowest BCUT2D eigenvalue weighted by atomic mass is 9.88. The van der Waals surface area contributed by atoms with Crippen LogP contribution >= 0.6 is 0 Å². The molecule has 0 spiro atoms. The van der Waals surface area contributed by atoms with Gasteiger partial charge in [0, 0.05) is 81.9 Å². The standard InChI is InChI=1S/C45H47FN6O4/c46-41-14-6-32(26-47-41)37-3-1-2-31-25-36(53)10-12-38(31)43(37)30-4-7-34(8-5-30)50-18-16-29(17-19-50)27-49-20-22-51(23-21-49)35-9-11-39-33(24-35)28-52(45(39)56)40-13-15-42(54)48-44(40)55/h4-12,14,24-26,29,40,53H,1-3,13,15-23,27-28H2,(H,48,54,55). The number of carbonyl (C=O) groups excluding carboxylic acids is 3. The molecule has 0 radical (unpaired) electrons. The molecule has 5 aliphatic rings. The summed E-state index contributed by atoms with van der Waals surface area (Å²) < 4.78 is 13.8. The van der Waals surface area contributed by atoms with Crippen LogP contribution in [0.15, 0.2) is 79.0 Å². The van der Waals surface area contributed by atoms with Gasteiger partial charge < -0.3 is 19.8 Å². The van der Waals surface area contributed by atoms with Crippen molar-refractivity contribution in [2.24, 2.45) is 5.92 Å². The van der Waals surface area contributed by atoms with Gasteiger partial charge in [0.25, 0.3) is 5.91 Å². The summed E-state index contributed by atoms with van der Waals surface area (Å²) in [7, 11) is 0. The molecular weight excluding hydrogens is 708 g/mol. The third kappa shape index (κ3) is 7.16. The second kappa shape index (κ2) is 15.2.